The lowest BCUT2D eigenvalue weighted by molar-refractivity contribution is 0.792. The topological polar surface area (TPSA) is 3.24 Å². The van der Waals surface area contributed by atoms with Crippen molar-refractivity contribution in [3.05, 3.63) is 42.0 Å². The van der Waals surface area contributed by atoms with E-state index in [9.17, 15) is 0 Å². The summed E-state index contributed by atoms with van der Waals surface area (Å²) in [5.74, 6) is 0.604. The van der Waals surface area contributed by atoms with Crippen LogP contribution in [0.4, 0.5) is 5.69 Å². The first-order valence-corrected chi connectivity index (χ1v) is 5.78. The SMILES string of the molecule is CC(C)c1ccccc1N1CC=CCC1. The summed E-state index contributed by atoms with van der Waals surface area (Å²) < 4.78 is 0. The molecule has 15 heavy (non-hydrogen) atoms. The minimum Gasteiger partial charge on any atom is -0.367 e. The molecule has 0 unspecified atom stereocenters. The molecule has 0 spiro atoms. The molecular weight excluding hydrogens is 182 g/mol. The summed E-state index contributed by atoms with van der Waals surface area (Å²) in [5, 5.41) is 0. The van der Waals surface area contributed by atoms with Crippen LogP contribution in [-0.4, -0.2) is 13.1 Å². The van der Waals surface area contributed by atoms with Crippen molar-refractivity contribution < 1.29 is 0 Å². The molecular formula is C14H19N. The van der Waals surface area contributed by atoms with Gasteiger partial charge in [-0.1, -0.05) is 44.2 Å². The molecule has 2 rings (SSSR count). The van der Waals surface area contributed by atoms with Gasteiger partial charge in [-0.2, -0.15) is 0 Å². The lowest BCUT2D eigenvalue weighted by atomic mass is 10.00. The molecule has 0 amide bonds. The van der Waals surface area contributed by atoms with Crippen LogP contribution < -0.4 is 4.90 Å². The van der Waals surface area contributed by atoms with Crippen LogP contribution in [0.5, 0.6) is 0 Å². The highest BCUT2D eigenvalue weighted by molar-refractivity contribution is 5.55. The van der Waals surface area contributed by atoms with Crippen molar-refractivity contribution in [2.24, 2.45) is 0 Å². The van der Waals surface area contributed by atoms with Crippen LogP contribution in [-0.2, 0) is 0 Å². The van der Waals surface area contributed by atoms with Crippen LogP contribution >= 0.6 is 0 Å². The van der Waals surface area contributed by atoms with E-state index in [4.69, 9.17) is 0 Å². The quantitative estimate of drug-likeness (QED) is 0.661. The van der Waals surface area contributed by atoms with E-state index >= 15 is 0 Å². The number of benzene rings is 1. The molecule has 1 aliphatic rings. The zero-order valence-electron chi connectivity index (χ0n) is 9.61. The van der Waals surface area contributed by atoms with Crippen molar-refractivity contribution in [1.29, 1.82) is 0 Å². The minimum absolute atomic E-state index is 0.604. The molecule has 0 bridgehead atoms. The maximum Gasteiger partial charge on any atom is 0.0404 e. The van der Waals surface area contributed by atoms with Crippen LogP contribution in [0.2, 0.25) is 0 Å². The zero-order chi connectivity index (χ0) is 10.7. The number of rotatable bonds is 2. The van der Waals surface area contributed by atoms with Gasteiger partial charge >= 0.3 is 0 Å². The van der Waals surface area contributed by atoms with E-state index in [1.54, 1.807) is 0 Å². The fourth-order valence-electron chi connectivity index (χ4n) is 2.12. The maximum absolute atomic E-state index is 2.47. The third-order valence-electron chi connectivity index (χ3n) is 2.96. The minimum atomic E-state index is 0.604. The van der Waals surface area contributed by atoms with Gasteiger partial charge in [0.25, 0.3) is 0 Å². The second kappa shape index (κ2) is 4.52. The molecule has 1 aromatic rings. The highest BCUT2D eigenvalue weighted by Gasteiger charge is 2.12. The van der Waals surface area contributed by atoms with E-state index in [1.165, 1.54) is 17.7 Å². The summed E-state index contributed by atoms with van der Waals surface area (Å²) in [6, 6.07) is 8.77. The van der Waals surface area contributed by atoms with Gasteiger partial charge in [-0.15, -0.1) is 0 Å². The average molecular weight is 201 g/mol. The highest BCUT2D eigenvalue weighted by Crippen LogP contribution is 2.28. The Morgan fingerprint density at radius 1 is 1.13 bits per heavy atom. The smallest absolute Gasteiger partial charge is 0.0404 e. The average Bonchev–Trinajstić information content (AvgIpc) is 2.30. The van der Waals surface area contributed by atoms with E-state index in [-0.39, 0.29) is 0 Å². The van der Waals surface area contributed by atoms with E-state index < -0.39 is 0 Å². The third kappa shape index (κ3) is 2.23. The van der Waals surface area contributed by atoms with Gasteiger partial charge in [0.15, 0.2) is 0 Å². The predicted molar refractivity (Wildman–Crippen MR) is 66.5 cm³/mol. The summed E-state index contributed by atoms with van der Waals surface area (Å²) in [4.78, 5) is 2.47. The first-order chi connectivity index (χ1) is 7.29. The molecule has 0 radical (unpaired) electrons. The Balaban J connectivity index is 2.30. The summed E-state index contributed by atoms with van der Waals surface area (Å²) in [6.07, 6.45) is 5.71. The van der Waals surface area contributed by atoms with E-state index in [0.717, 1.165) is 13.1 Å². The summed E-state index contributed by atoms with van der Waals surface area (Å²) >= 11 is 0. The van der Waals surface area contributed by atoms with Gasteiger partial charge in [0.1, 0.15) is 0 Å². The normalized spacial score (nSPS) is 16.1. The third-order valence-corrected chi connectivity index (χ3v) is 2.96. The molecule has 0 N–H and O–H groups in total. The van der Waals surface area contributed by atoms with Crippen molar-refractivity contribution in [2.75, 3.05) is 18.0 Å². The van der Waals surface area contributed by atoms with Crippen molar-refractivity contribution in [3.63, 3.8) is 0 Å². The lowest BCUT2D eigenvalue weighted by Gasteiger charge is -2.28. The van der Waals surface area contributed by atoms with Crippen LogP contribution in [0.15, 0.2) is 36.4 Å². The monoisotopic (exact) mass is 201 g/mol. The number of anilines is 1. The van der Waals surface area contributed by atoms with E-state index in [2.05, 4.69) is 55.2 Å². The Morgan fingerprint density at radius 3 is 2.60 bits per heavy atom. The molecule has 0 aromatic heterocycles. The van der Waals surface area contributed by atoms with Crippen LogP contribution in [0.3, 0.4) is 0 Å². The van der Waals surface area contributed by atoms with Gasteiger partial charge in [-0.05, 0) is 24.0 Å². The van der Waals surface area contributed by atoms with Gasteiger partial charge < -0.3 is 4.90 Å². The number of hydrogen-bond acceptors (Lipinski definition) is 1. The molecule has 0 fully saturated rings. The van der Waals surface area contributed by atoms with Gasteiger partial charge in [0.2, 0.25) is 0 Å². The molecule has 1 nitrogen and oxygen atoms in total. The maximum atomic E-state index is 2.47. The van der Waals surface area contributed by atoms with Gasteiger partial charge in [0.05, 0.1) is 0 Å². The second-order valence-electron chi connectivity index (χ2n) is 4.42. The molecule has 1 aliphatic heterocycles. The van der Waals surface area contributed by atoms with Crippen LogP contribution in [0.1, 0.15) is 31.7 Å². The first kappa shape index (κ1) is 10.3. The van der Waals surface area contributed by atoms with Gasteiger partial charge in [0, 0.05) is 18.8 Å². The summed E-state index contributed by atoms with van der Waals surface area (Å²) in [7, 11) is 0. The summed E-state index contributed by atoms with van der Waals surface area (Å²) in [6.45, 7) is 6.74. The highest BCUT2D eigenvalue weighted by atomic mass is 15.1. The number of nitrogens with zero attached hydrogens (tertiary/aromatic N) is 1. The fourth-order valence-corrected chi connectivity index (χ4v) is 2.12. The fraction of sp³-hybridized carbons (Fsp3) is 0.429. The van der Waals surface area contributed by atoms with Gasteiger partial charge in [-0.25, -0.2) is 0 Å². The van der Waals surface area contributed by atoms with Crippen molar-refractivity contribution in [3.8, 4) is 0 Å². The lowest BCUT2D eigenvalue weighted by Crippen LogP contribution is -2.27. The zero-order valence-corrected chi connectivity index (χ0v) is 9.61. The van der Waals surface area contributed by atoms with Crippen LogP contribution in [0, 0.1) is 0 Å². The van der Waals surface area contributed by atoms with Crippen LogP contribution in [0.25, 0.3) is 0 Å². The Labute approximate surface area is 92.4 Å². The molecule has 1 heteroatoms. The molecule has 1 aromatic carbocycles. The predicted octanol–water partition coefficient (Wildman–Crippen LogP) is 3.58. The first-order valence-electron chi connectivity index (χ1n) is 5.78. The van der Waals surface area contributed by atoms with E-state index in [0.29, 0.717) is 5.92 Å². The molecule has 0 atom stereocenters. The second-order valence-corrected chi connectivity index (χ2v) is 4.42. The van der Waals surface area contributed by atoms with Crippen molar-refractivity contribution in [1.82, 2.24) is 0 Å². The van der Waals surface area contributed by atoms with Gasteiger partial charge in [-0.3, -0.25) is 0 Å². The van der Waals surface area contributed by atoms with Crippen molar-refractivity contribution in [2.45, 2.75) is 26.2 Å². The molecule has 80 valence electrons. The molecule has 0 aliphatic carbocycles. The Morgan fingerprint density at radius 2 is 1.93 bits per heavy atom. The molecule has 0 saturated heterocycles. The Bertz CT molecular complexity index is 352. The number of para-hydroxylation sites is 1. The molecule has 1 heterocycles. The van der Waals surface area contributed by atoms with E-state index in [1.807, 2.05) is 0 Å². The standard InChI is InChI=1S/C14H19N/c1-12(2)13-8-4-5-9-14(13)15-10-6-3-7-11-15/h3-6,8-9,12H,7,10-11H2,1-2H3. The Kier molecular flexibility index (Phi) is 3.10. The van der Waals surface area contributed by atoms with Crippen molar-refractivity contribution >= 4 is 5.69 Å². The molecule has 0 saturated carbocycles. The Hall–Kier alpha value is -1.24. The number of hydrogen-bond donors (Lipinski definition) is 0. The largest absolute Gasteiger partial charge is 0.367 e. The summed E-state index contributed by atoms with van der Waals surface area (Å²) in [5.41, 5.74) is 2.88.